The summed E-state index contributed by atoms with van der Waals surface area (Å²) in [6, 6.07) is 5.24. The van der Waals surface area contributed by atoms with E-state index in [0.717, 1.165) is 31.6 Å². The molecule has 1 aromatic carbocycles. The van der Waals surface area contributed by atoms with Gasteiger partial charge in [0.15, 0.2) is 5.71 Å². The number of aliphatic hydroxyl groups excluding tert-OH is 2. The molecule has 2 aliphatic rings. The molecule has 3 rings (SSSR count). The molecule has 0 spiro atoms. The Bertz CT molecular complexity index is 797. The van der Waals surface area contributed by atoms with E-state index in [4.69, 9.17) is 0 Å². The number of non-ortho nitro benzene ring substituents is 1. The van der Waals surface area contributed by atoms with Crippen molar-refractivity contribution in [3.8, 4) is 0 Å². The third kappa shape index (κ3) is 6.03. The van der Waals surface area contributed by atoms with Gasteiger partial charge >= 0.3 is 0 Å². The number of aliphatic hydroxyl groups is 2. The molecule has 1 aliphatic carbocycles. The summed E-state index contributed by atoms with van der Waals surface area (Å²) in [5.74, 6) is 0. The average molecular weight is 438 g/mol. The van der Waals surface area contributed by atoms with Crippen LogP contribution in [0, 0.1) is 15.5 Å². The highest BCUT2D eigenvalue weighted by Crippen LogP contribution is 2.34. The van der Waals surface area contributed by atoms with Crippen molar-refractivity contribution in [2.24, 2.45) is 5.41 Å². The standard InChI is InChI=1S/C22H31N3O4.ClH/c1-22(2)13-17(12-19(14-22)24-10-4-3-5-11-24)23-20(15-26)21(27)16-6-8-18(9-7-16)25(28)29;/h6-9,12,20-21,26-27H,3-5,10-11,13-15H2,1-2H3;1H. The Balaban J connectivity index is 0.00000320. The molecular formula is C22H32ClN3O4. The smallest absolute Gasteiger partial charge is 0.269 e. The second-order valence-electron chi connectivity index (χ2n) is 8.95. The first-order valence-electron chi connectivity index (χ1n) is 10.4. The van der Waals surface area contributed by atoms with Crippen molar-refractivity contribution in [2.75, 3.05) is 19.7 Å². The maximum atomic E-state index is 10.8. The minimum atomic E-state index is -0.967. The molecule has 8 heteroatoms. The van der Waals surface area contributed by atoms with Crippen LogP contribution in [0.25, 0.3) is 0 Å². The molecule has 0 saturated carbocycles. The van der Waals surface area contributed by atoms with E-state index in [1.165, 1.54) is 49.2 Å². The Labute approximate surface area is 184 Å². The predicted octanol–water partition coefficient (Wildman–Crippen LogP) is -0.0760. The number of nitrogens with one attached hydrogen (secondary N) is 1. The summed E-state index contributed by atoms with van der Waals surface area (Å²) in [5, 5.41) is 34.8. The van der Waals surface area contributed by atoms with Crippen molar-refractivity contribution < 1.29 is 32.1 Å². The zero-order chi connectivity index (χ0) is 21.0. The Morgan fingerprint density at radius 3 is 2.37 bits per heavy atom. The first-order valence-corrected chi connectivity index (χ1v) is 10.4. The van der Waals surface area contributed by atoms with Crippen LogP contribution in [0.4, 0.5) is 5.69 Å². The van der Waals surface area contributed by atoms with Crippen LogP contribution in [0.1, 0.15) is 57.6 Å². The molecular weight excluding hydrogens is 406 g/mol. The molecule has 1 aromatic rings. The van der Waals surface area contributed by atoms with Crippen LogP contribution in [0.3, 0.4) is 0 Å². The minimum absolute atomic E-state index is 0. The van der Waals surface area contributed by atoms with Crippen molar-refractivity contribution in [3.63, 3.8) is 0 Å². The number of hydrogen-bond acceptors (Lipinski definition) is 5. The fourth-order valence-electron chi connectivity index (χ4n) is 4.34. The first kappa shape index (κ1) is 24.3. The van der Waals surface area contributed by atoms with Gasteiger partial charge in [-0.05, 0) is 36.0 Å². The maximum Gasteiger partial charge on any atom is 0.269 e. The van der Waals surface area contributed by atoms with E-state index in [1.54, 1.807) is 0 Å². The van der Waals surface area contributed by atoms with Gasteiger partial charge in [-0.15, -0.1) is 0 Å². The lowest BCUT2D eigenvalue weighted by molar-refractivity contribution is -0.538. The van der Waals surface area contributed by atoms with Crippen LogP contribution in [-0.2, 0) is 0 Å². The van der Waals surface area contributed by atoms with Crippen molar-refractivity contribution >= 4 is 11.4 Å². The molecule has 166 valence electrons. The number of hydrogen-bond donors (Lipinski definition) is 3. The molecule has 3 N–H and O–H groups in total. The minimum Gasteiger partial charge on any atom is -1.00 e. The summed E-state index contributed by atoms with van der Waals surface area (Å²) in [4.78, 5) is 10.4. The highest BCUT2D eigenvalue weighted by atomic mass is 35.5. The van der Waals surface area contributed by atoms with Crippen LogP contribution in [0.2, 0.25) is 0 Å². The second-order valence-corrected chi connectivity index (χ2v) is 8.95. The van der Waals surface area contributed by atoms with Crippen LogP contribution in [-0.4, -0.2) is 51.2 Å². The summed E-state index contributed by atoms with van der Waals surface area (Å²) in [6.45, 7) is 6.42. The van der Waals surface area contributed by atoms with Crippen LogP contribution >= 0.6 is 0 Å². The molecule has 0 radical (unpaired) electrons. The highest BCUT2D eigenvalue weighted by Gasteiger charge is 2.33. The van der Waals surface area contributed by atoms with Crippen LogP contribution < -0.4 is 17.7 Å². The molecule has 0 amide bonds. The number of rotatable bonds is 6. The van der Waals surface area contributed by atoms with Gasteiger partial charge in [0.2, 0.25) is 0 Å². The largest absolute Gasteiger partial charge is 1.00 e. The van der Waals surface area contributed by atoms with E-state index in [-0.39, 0.29) is 30.1 Å². The van der Waals surface area contributed by atoms with E-state index >= 15 is 0 Å². The monoisotopic (exact) mass is 437 g/mol. The van der Waals surface area contributed by atoms with Crippen molar-refractivity contribution in [2.45, 2.75) is 58.1 Å². The fourth-order valence-corrected chi connectivity index (χ4v) is 4.34. The van der Waals surface area contributed by atoms with Gasteiger partial charge in [0, 0.05) is 43.2 Å². The summed E-state index contributed by atoms with van der Waals surface area (Å²) < 4.78 is 2.47. The molecule has 0 bridgehead atoms. The van der Waals surface area contributed by atoms with Gasteiger partial charge in [0.1, 0.15) is 19.2 Å². The number of halogens is 1. The molecule has 0 aromatic heterocycles. The molecule has 1 heterocycles. The third-order valence-electron chi connectivity index (χ3n) is 5.83. The Morgan fingerprint density at radius 2 is 1.80 bits per heavy atom. The molecule has 30 heavy (non-hydrogen) atoms. The molecule has 1 saturated heterocycles. The van der Waals surface area contributed by atoms with E-state index < -0.39 is 17.1 Å². The zero-order valence-electron chi connectivity index (χ0n) is 17.7. The zero-order valence-corrected chi connectivity index (χ0v) is 18.4. The Kier molecular flexibility index (Phi) is 8.41. The van der Waals surface area contributed by atoms with Crippen LogP contribution in [0.5, 0.6) is 0 Å². The summed E-state index contributed by atoms with van der Waals surface area (Å²) >= 11 is 0. The highest BCUT2D eigenvalue weighted by molar-refractivity contribution is 5.92. The number of nitrogens with zero attached hydrogens (tertiary/aromatic N) is 2. The normalized spacial score (nSPS) is 20.6. The molecule has 7 nitrogen and oxygen atoms in total. The van der Waals surface area contributed by atoms with Gasteiger partial charge in [0.25, 0.3) is 5.69 Å². The lowest BCUT2D eigenvalue weighted by Gasteiger charge is -2.33. The summed E-state index contributed by atoms with van der Waals surface area (Å²) in [5.41, 5.74) is 2.96. The average Bonchev–Trinajstić information content (AvgIpc) is 2.71. The van der Waals surface area contributed by atoms with E-state index in [1.807, 2.05) is 0 Å². The summed E-state index contributed by atoms with van der Waals surface area (Å²) in [6.07, 6.45) is 6.81. The molecule has 2 atom stereocenters. The predicted molar refractivity (Wildman–Crippen MR) is 112 cm³/mol. The Morgan fingerprint density at radius 1 is 1.17 bits per heavy atom. The number of piperidine rings is 1. The lowest BCUT2D eigenvalue weighted by Crippen LogP contribution is -3.00. The van der Waals surface area contributed by atoms with Crippen molar-refractivity contribution in [1.29, 1.82) is 0 Å². The van der Waals surface area contributed by atoms with Gasteiger partial charge in [-0.2, -0.15) is 0 Å². The topological polar surface area (TPSA) is 98.6 Å². The first-order chi connectivity index (χ1) is 13.8. The second kappa shape index (κ2) is 10.4. The molecule has 1 fully saturated rings. The van der Waals surface area contributed by atoms with E-state index in [2.05, 4.69) is 29.8 Å². The molecule has 2 unspecified atom stereocenters. The van der Waals surface area contributed by atoms with Gasteiger partial charge in [-0.25, -0.2) is 4.58 Å². The SMILES string of the molecule is CC1(C)CC(NC(CO)C(O)c2ccc([N+](=O)[O-])cc2)=CC(=[N+]2CCCCC2)C1.[Cl-]. The Hall–Kier alpha value is -1.96. The van der Waals surface area contributed by atoms with Gasteiger partial charge in [-0.1, -0.05) is 13.8 Å². The number of allylic oxidation sites excluding steroid dienone is 2. The van der Waals surface area contributed by atoms with Gasteiger partial charge in [-0.3, -0.25) is 10.1 Å². The lowest BCUT2D eigenvalue weighted by atomic mass is 9.78. The van der Waals surface area contributed by atoms with Crippen LogP contribution in [0.15, 0.2) is 36.0 Å². The maximum absolute atomic E-state index is 10.8. The fraction of sp³-hybridized carbons (Fsp3) is 0.591. The summed E-state index contributed by atoms with van der Waals surface area (Å²) in [7, 11) is 0. The van der Waals surface area contributed by atoms with Crippen molar-refractivity contribution in [3.05, 3.63) is 51.7 Å². The van der Waals surface area contributed by atoms with Crippen molar-refractivity contribution in [1.82, 2.24) is 5.32 Å². The van der Waals surface area contributed by atoms with E-state index in [9.17, 15) is 20.3 Å². The van der Waals surface area contributed by atoms with E-state index in [0.29, 0.717) is 5.56 Å². The third-order valence-corrected chi connectivity index (χ3v) is 5.83. The molecule has 1 aliphatic heterocycles. The number of nitro groups is 1. The van der Waals surface area contributed by atoms with Gasteiger partial charge in [0.05, 0.1) is 17.6 Å². The number of nitro benzene ring substituents is 1. The quantitative estimate of drug-likeness (QED) is 0.328. The number of benzene rings is 1. The van der Waals surface area contributed by atoms with Gasteiger partial charge < -0.3 is 27.9 Å².